The second-order valence-electron chi connectivity index (χ2n) is 4.04. The van der Waals surface area contributed by atoms with E-state index in [1.807, 2.05) is 25.3 Å². The van der Waals surface area contributed by atoms with E-state index in [0.29, 0.717) is 0 Å². The molecule has 90 valence electrons. The number of benzene rings is 1. The van der Waals surface area contributed by atoms with Crippen molar-refractivity contribution >= 4 is 33.9 Å². The van der Waals surface area contributed by atoms with Gasteiger partial charge in [-0.1, -0.05) is 0 Å². The van der Waals surface area contributed by atoms with Gasteiger partial charge in [-0.05, 0) is 82.3 Å². The van der Waals surface area contributed by atoms with Gasteiger partial charge in [0.1, 0.15) is 11.9 Å². The van der Waals surface area contributed by atoms with Gasteiger partial charge < -0.3 is 5.11 Å². The van der Waals surface area contributed by atoms with Crippen molar-refractivity contribution in [3.63, 3.8) is 0 Å². The summed E-state index contributed by atoms with van der Waals surface area (Å²) in [5, 5.41) is 12.3. The average Bonchev–Trinajstić information content (AvgIpc) is 2.63. The van der Waals surface area contributed by atoms with E-state index in [1.54, 1.807) is 11.3 Å². The quantitative estimate of drug-likeness (QED) is 0.795. The number of thiophene rings is 1. The zero-order valence-electron chi connectivity index (χ0n) is 9.50. The average molecular weight is 362 g/mol. The molecule has 0 radical (unpaired) electrons. The van der Waals surface area contributed by atoms with Crippen LogP contribution in [0.5, 0.6) is 0 Å². The summed E-state index contributed by atoms with van der Waals surface area (Å²) in [7, 11) is 0. The summed E-state index contributed by atoms with van der Waals surface area (Å²) in [6.07, 6.45) is -0.671. The highest BCUT2D eigenvalue weighted by Gasteiger charge is 2.17. The third-order valence-corrected chi connectivity index (χ3v) is 4.54. The van der Waals surface area contributed by atoms with Crippen LogP contribution in [0.4, 0.5) is 4.39 Å². The molecule has 1 nitrogen and oxygen atoms in total. The topological polar surface area (TPSA) is 20.2 Å². The molecular weight excluding hydrogens is 350 g/mol. The molecule has 0 bridgehead atoms. The van der Waals surface area contributed by atoms with Crippen LogP contribution >= 0.6 is 33.9 Å². The maximum absolute atomic E-state index is 13.2. The van der Waals surface area contributed by atoms with Gasteiger partial charge in [-0.2, -0.15) is 0 Å². The Morgan fingerprint density at radius 3 is 2.29 bits per heavy atom. The minimum absolute atomic E-state index is 0.254. The van der Waals surface area contributed by atoms with Crippen LogP contribution in [-0.4, -0.2) is 5.11 Å². The number of aliphatic hydroxyl groups excluding tert-OH is 1. The molecule has 0 saturated heterocycles. The van der Waals surface area contributed by atoms with Crippen molar-refractivity contribution in [2.75, 3.05) is 0 Å². The van der Waals surface area contributed by atoms with Gasteiger partial charge in [-0.15, -0.1) is 11.3 Å². The molecule has 0 aliphatic heterocycles. The molecule has 0 aliphatic carbocycles. The van der Waals surface area contributed by atoms with E-state index in [2.05, 4.69) is 22.6 Å². The van der Waals surface area contributed by atoms with Gasteiger partial charge >= 0.3 is 0 Å². The minimum atomic E-state index is -0.671. The number of aryl methyl sites for hydroxylation is 2. The van der Waals surface area contributed by atoms with Crippen molar-refractivity contribution in [1.82, 2.24) is 0 Å². The smallest absolute Gasteiger partial charge is 0.123 e. The molecule has 1 atom stereocenters. The molecule has 2 rings (SSSR count). The van der Waals surface area contributed by atoms with Gasteiger partial charge in [0.25, 0.3) is 0 Å². The van der Waals surface area contributed by atoms with E-state index >= 15 is 0 Å². The standard InChI is InChI=1S/C13H12FIOS/c1-7-3-10(14)4-8(2)12(7)13(16)9-5-11(15)17-6-9/h3-6,13,16H,1-2H3. The van der Waals surface area contributed by atoms with Gasteiger partial charge in [0.15, 0.2) is 0 Å². The zero-order chi connectivity index (χ0) is 12.6. The molecule has 17 heavy (non-hydrogen) atoms. The summed E-state index contributed by atoms with van der Waals surface area (Å²) in [6.45, 7) is 3.65. The van der Waals surface area contributed by atoms with Crippen molar-refractivity contribution < 1.29 is 9.50 Å². The first-order valence-corrected chi connectivity index (χ1v) is 7.13. The SMILES string of the molecule is Cc1cc(F)cc(C)c1C(O)c1csc(I)c1. The lowest BCUT2D eigenvalue weighted by molar-refractivity contribution is 0.219. The predicted octanol–water partition coefficient (Wildman–Crippen LogP) is 4.19. The highest BCUT2D eigenvalue weighted by Crippen LogP contribution is 2.31. The van der Waals surface area contributed by atoms with Gasteiger partial charge in [0, 0.05) is 0 Å². The lowest BCUT2D eigenvalue weighted by atomic mass is 9.95. The van der Waals surface area contributed by atoms with E-state index in [-0.39, 0.29) is 5.82 Å². The van der Waals surface area contributed by atoms with Crippen LogP contribution in [0.15, 0.2) is 23.6 Å². The largest absolute Gasteiger partial charge is 0.384 e. The van der Waals surface area contributed by atoms with Gasteiger partial charge in [0.2, 0.25) is 0 Å². The third kappa shape index (κ3) is 2.69. The second kappa shape index (κ2) is 5.04. The molecule has 1 heterocycles. The minimum Gasteiger partial charge on any atom is -0.384 e. The molecule has 0 spiro atoms. The summed E-state index contributed by atoms with van der Waals surface area (Å²) in [5.41, 5.74) is 3.25. The molecular formula is C13H12FIOS. The lowest BCUT2D eigenvalue weighted by Crippen LogP contribution is -2.04. The van der Waals surface area contributed by atoms with Gasteiger partial charge in [0.05, 0.1) is 2.88 Å². The Morgan fingerprint density at radius 1 is 1.24 bits per heavy atom. The summed E-state index contributed by atoms with van der Waals surface area (Å²) < 4.78 is 14.3. The zero-order valence-corrected chi connectivity index (χ0v) is 12.5. The maximum Gasteiger partial charge on any atom is 0.123 e. The highest BCUT2D eigenvalue weighted by atomic mass is 127. The van der Waals surface area contributed by atoms with Crippen LogP contribution in [0.2, 0.25) is 0 Å². The number of rotatable bonds is 2. The van der Waals surface area contributed by atoms with Crippen LogP contribution in [-0.2, 0) is 0 Å². The van der Waals surface area contributed by atoms with Crippen molar-refractivity contribution in [2.24, 2.45) is 0 Å². The van der Waals surface area contributed by atoms with Crippen LogP contribution in [0.3, 0.4) is 0 Å². The van der Waals surface area contributed by atoms with E-state index in [0.717, 1.165) is 25.1 Å². The Kier molecular flexibility index (Phi) is 3.85. The van der Waals surface area contributed by atoms with Crippen molar-refractivity contribution in [3.8, 4) is 0 Å². The number of hydrogen-bond acceptors (Lipinski definition) is 2. The molecule has 1 aromatic heterocycles. The molecule has 4 heteroatoms. The Labute approximate surface area is 117 Å². The normalized spacial score (nSPS) is 12.8. The van der Waals surface area contributed by atoms with Crippen LogP contribution in [0, 0.1) is 22.5 Å². The summed E-state index contributed by atoms with van der Waals surface area (Å²) in [4.78, 5) is 0. The highest BCUT2D eigenvalue weighted by molar-refractivity contribution is 14.1. The van der Waals surface area contributed by atoms with Gasteiger partial charge in [-0.3, -0.25) is 0 Å². The van der Waals surface area contributed by atoms with E-state index in [1.165, 1.54) is 12.1 Å². The first kappa shape index (κ1) is 13.0. The fourth-order valence-electron chi connectivity index (χ4n) is 1.99. The van der Waals surface area contributed by atoms with Crippen LogP contribution < -0.4 is 0 Å². The summed E-state index contributed by atoms with van der Waals surface area (Å²) in [6, 6.07) is 4.88. The van der Waals surface area contributed by atoms with Crippen LogP contribution in [0.25, 0.3) is 0 Å². The Hall–Kier alpha value is -0.460. The Bertz CT molecular complexity index is 527. The van der Waals surface area contributed by atoms with Crippen LogP contribution in [0.1, 0.15) is 28.4 Å². The molecule has 1 aromatic carbocycles. The third-order valence-electron chi connectivity index (χ3n) is 2.74. The predicted molar refractivity (Wildman–Crippen MR) is 77.0 cm³/mol. The van der Waals surface area contributed by atoms with E-state index in [9.17, 15) is 9.50 Å². The molecule has 1 N–H and O–H groups in total. The first-order chi connectivity index (χ1) is 7.99. The summed E-state index contributed by atoms with van der Waals surface area (Å²) in [5.74, 6) is -0.254. The number of aliphatic hydroxyl groups is 1. The fraction of sp³-hybridized carbons (Fsp3) is 0.231. The van der Waals surface area contributed by atoms with Gasteiger partial charge in [-0.25, -0.2) is 4.39 Å². The van der Waals surface area contributed by atoms with Crippen molar-refractivity contribution in [3.05, 3.63) is 54.5 Å². The Morgan fingerprint density at radius 2 is 1.82 bits per heavy atom. The molecule has 0 fully saturated rings. The van der Waals surface area contributed by atoms with Crippen molar-refractivity contribution in [2.45, 2.75) is 20.0 Å². The van der Waals surface area contributed by atoms with E-state index < -0.39 is 6.10 Å². The molecule has 2 aromatic rings. The maximum atomic E-state index is 13.2. The number of hydrogen-bond donors (Lipinski definition) is 1. The molecule has 0 amide bonds. The second-order valence-corrected chi connectivity index (χ2v) is 6.85. The van der Waals surface area contributed by atoms with Crippen molar-refractivity contribution in [1.29, 1.82) is 0 Å². The molecule has 0 saturated carbocycles. The number of halogens is 2. The monoisotopic (exact) mass is 362 g/mol. The summed E-state index contributed by atoms with van der Waals surface area (Å²) >= 11 is 3.82. The first-order valence-electron chi connectivity index (χ1n) is 5.17. The molecule has 0 aliphatic rings. The fourth-order valence-corrected chi connectivity index (χ4v) is 3.38. The molecule has 1 unspecified atom stereocenters. The van der Waals surface area contributed by atoms with E-state index in [4.69, 9.17) is 0 Å². The Balaban J connectivity index is 2.47. The lowest BCUT2D eigenvalue weighted by Gasteiger charge is -2.15.